The predicted octanol–water partition coefficient (Wildman–Crippen LogP) is 5.12. The van der Waals surface area contributed by atoms with Gasteiger partial charge in [0.25, 0.3) is 5.91 Å². The maximum absolute atomic E-state index is 15.2. The molecule has 42 heavy (non-hydrogen) atoms. The van der Waals surface area contributed by atoms with Gasteiger partial charge in [-0.3, -0.25) is 19.2 Å². The summed E-state index contributed by atoms with van der Waals surface area (Å²) in [5.74, 6) is -6.00. The van der Waals surface area contributed by atoms with Crippen LogP contribution in [0, 0.1) is 11.7 Å². The van der Waals surface area contributed by atoms with Crippen LogP contribution in [0.25, 0.3) is 0 Å². The first kappa shape index (κ1) is 33.1. The van der Waals surface area contributed by atoms with Gasteiger partial charge in [-0.1, -0.05) is 6.07 Å². The number of nitrogens with one attached hydrogen (secondary N) is 2. The van der Waals surface area contributed by atoms with Gasteiger partial charge in [0.1, 0.15) is 23.8 Å². The second kappa shape index (κ2) is 12.8. The first-order valence-electron chi connectivity index (χ1n) is 13.5. The molecular formula is C28H35F6N5O3. The van der Waals surface area contributed by atoms with E-state index >= 15 is 4.39 Å². The van der Waals surface area contributed by atoms with Gasteiger partial charge in [0.2, 0.25) is 11.8 Å². The van der Waals surface area contributed by atoms with Crippen molar-refractivity contribution in [2.75, 3.05) is 25.5 Å². The molecule has 0 spiro atoms. The van der Waals surface area contributed by atoms with Gasteiger partial charge in [0.05, 0.1) is 17.6 Å². The number of likely N-dealkylation sites (N-methyl/N-ethyl adjacent to an activating group) is 1. The third-order valence-corrected chi connectivity index (χ3v) is 7.39. The normalized spacial score (nSPS) is 18.0. The van der Waals surface area contributed by atoms with Crippen LogP contribution in [0.4, 0.5) is 32.0 Å². The summed E-state index contributed by atoms with van der Waals surface area (Å²) in [5, 5.41) is 9.11. The Morgan fingerprint density at radius 3 is 2.36 bits per heavy atom. The summed E-state index contributed by atoms with van der Waals surface area (Å²) < 4.78 is 82.7. The van der Waals surface area contributed by atoms with Crippen molar-refractivity contribution >= 4 is 23.8 Å². The summed E-state index contributed by atoms with van der Waals surface area (Å²) in [5.41, 5.74) is -1.56. The summed E-state index contributed by atoms with van der Waals surface area (Å²) in [6.07, 6.45) is -3.71. The van der Waals surface area contributed by atoms with Crippen molar-refractivity contribution in [3.8, 4) is 0 Å². The van der Waals surface area contributed by atoms with E-state index in [-0.39, 0.29) is 42.4 Å². The number of carbonyl (C=O) groups is 3. The number of alkyl halides is 5. The molecule has 1 aromatic heterocycles. The van der Waals surface area contributed by atoms with Crippen LogP contribution in [0.3, 0.4) is 0 Å². The smallest absolute Gasteiger partial charge is 0.339 e. The number of halogens is 6. The van der Waals surface area contributed by atoms with Crippen molar-refractivity contribution in [2.45, 2.75) is 76.1 Å². The summed E-state index contributed by atoms with van der Waals surface area (Å²) in [7, 11) is 1.18. The Hall–Kier alpha value is -3.42. The van der Waals surface area contributed by atoms with E-state index in [2.05, 4.69) is 15.7 Å². The van der Waals surface area contributed by atoms with Crippen molar-refractivity contribution < 1.29 is 40.7 Å². The van der Waals surface area contributed by atoms with Crippen LogP contribution in [0.2, 0.25) is 0 Å². The van der Waals surface area contributed by atoms with Gasteiger partial charge in [0.15, 0.2) is 0 Å². The molecule has 1 aromatic carbocycles. The van der Waals surface area contributed by atoms with Crippen LogP contribution in [-0.2, 0) is 15.0 Å². The Labute approximate surface area is 239 Å². The molecule has 2 amide bonds. The second-order valence-electron chi connectivity index (χ2n) is 11.4. The fraction of sp³-hybridized carbons (Fsp3) is 0.571. The second-order valence-corrected chi connectivity index (χ2v) is 11.4. The van der Waals surface area contributed by atoms with Gasteiger partial charge < -0.3 is 15.4 Å². The highest BCUT2D eigenvalue weighted by Crippen LogP contribution is 2.38. The van der Waals surface area contributed by atoms with Crippen LogP contribution < -0.4 is 10.6 Å². The van der Waals surface area contributed by atoms with E-state index in [0.29, 0.717) is 6.29 Å². The maximum atomic E-state index is 15.2. The number of aldehydes is 1. The van der Waals surface area contributed by atoms with Crippen molar-refractivity contribution in [2.24, 2.45) is 5.92 Å². The van der Waals surface area contributed by atoms with Gasteiger partial charge in [-0.05, 0) is 70.3 Å². The molecule has 2 aromatic rings. The molecule has 0 saturated heterocycles. The Kier molecular flexibility index (Phi) is 10.1. The molecule has 1 fully saturated rings. The van der Waals surface area contributed by atoms with Gasteiger partial charge in [-0.15, -0.1) is 0 Å². The molecule has 1 aliphatic carbocycles. The Morgan fingerprint density at radius 1 is 1.17 bits per heavy atom. The minimum atomic E-state index is -4.49. The van der Waals surface area contributed by atoms with E-state index < -0.39 is 66.5 Å². The Morgan fingerprint density at radius 2 is 1.81 bits per heavy atom. The standard InChI is InChI=1S/C28H35F6N5O3/c1-17(2)39-22(9-12-35-39)24(41)37-23(18-7-10-27(30,31)11-8-18)25(42)36-21-6-5-19(13-20(21)29)26(3,16-40)14-38(4)15-28(32,33)34/h5-6,9,12-13,16-18,23H,7-8,10-11,14-15H2,1-4H3,(H,36,42)(H,37,41)/t23-,26-/m0/s1. The number of rotatable bonds is 11. The minimum Gasteiger partial charge on any atom is -0.339 e. The first-order valence-corrected chi connectivity index (χ1v) is 13.5. The highest BCUT2D eigenvalue weighted by Gasteiger charge is 2.41. The molecule has 14 heteroatoms. The van der Waals surface area contributed by atoms with Gasteiger partial charge >= 0.3 is 6.18 Å². The van der Waals surface area contributed by atoms with E-state index in [4.69, 9.17) is 0 Å². The lowest BCUT2D eigenvalue weighted by atomic mass is 9.81. The number of hydrogen-bond donors (Lipinski definition) is 2. The van der Waals surface area contributed by atoms with E-state index in [1.54, 1.807) is 13.8 Å². The predicted molar refractivity (Wildman–Crippen MR) is 143 cm³/mol. The maximum Gasteiger partial charge on any atom is 0.401 e. The Bertz CT molecular complexity index is 1270. The van der Waals surface area contributed by atoms with Gasteiger partial charge in [-0.2, -0.15) is 18.3 Å². The monoisotopic (exact) mass is 603 g/mol. The average molecular weight is 604 g/mol. The third-order valence-electron chi connectivity index (χ3n) is 7.39. The molecule has 1 heterocycles. The van der Waals surface area contributed by atoms with E-state index in [0.717, 1.165) is 17.0 Å². The highest BCUT2D eigenvalue weighted by molar-refractivity contribution is 6.00. The zero-order valence-electron chi connectivity index (χ0n) is 23.8. The molecule has 232 valence electrons. The lowest BCUT2D eigenvalue weighted by Gasteiger charge is -2.33. The lowest BCUT2D eigenvalue weighted by Crippen LogP contribution is -2.50. The summed E-state index contributed by atoms with van der Waals surface area (Å²) in [6.45, 7) is 3.34. The van der Waals surface area contributed by atoms with Crippen LogP contribution in [-0.4, -0.2) is 71.1 Å². The summed E-state index contributed by atoms with van der Waals surface area (Å²) in [6, 6.07) is 3.41. The van der Waals surface area contributed by atoms with Crippen LogP contribution >= 0.6 is 0 Å². The van der Waals surface area contributed by atoms with Crippen molar-refractivity contribution in [3.05, 3.63) is 47.5 Å². The summed E-state index contributed by atoms with van der Waals surface area (Å²) >= 11 is 0. The van der Waals surface area contributed by atoms with E-state index in [9.17, 15) is 36.3 Å². The molecule has 8 nitrogen and oxygen atoms in total. The lowest BCUT2D eigenvalue weighted by molar-refractivity contribution is -0.145. The van der Waals surface area contributed by atoms with Crippen LogP contribution in [0.1, 0.15) is 68.5 Å². The van der Waals surface area contributed by atoms with E-state index in [1.165, 1.54) is 37.0 Å². The van der Waals surface area contributed by atoms with Gasteiger partial charge in [-0.25, -0.2) is 13.2 Å². The molecule has 0 bridgehead atoms. The largest absolute Gasteiger partial charge is 0.401 e. The van der Waals surface area contributed by atoms with Crippen molar-refractivity contribution in [3.63, 3.8) is 0 Å². The van der Waals surface area contributed by atoms with Crippen LogP contribution in [0.5, 0.6) is 0 Å². The number of aromatic nitrogens is 2. The number of carbonyl (C=O) groups excluding carboxylic acids is 3. The topological polar surface area (TPSA) is 96.3 Å². The quantitative estimate of drug-likeness (QED) is 0.275. The molecule has 1 saturated carbocycles. The third kappa shape index (κ3) is 8.33. The van der Waals surface area contributed by atoms with Gasteiger partial charge in [0, 0.05) is 31.6 Å². The zero-order chi connectivity index (χ0) is 31.5. The van der Waals surface area contributed by atoms with Crippen molar-refractivity contribution in [1.82, 2.24) is 20.0 Å². The number of anilines is 1. The number of amides is 2. The zero-order valence-corrected chi connectivity index (χ0v) is 23.8. The number of benzene rings is 1. The molecule has 0 radical (unpaired) electrons. The molecule has 1 aliphatic rings. The van der Waals surface area contributed by atoms with Crippen molar-refractivity contribution in [1.29, 1.82) is 0 Å². The molecule has 3 rings (SSSR count). The number of hydrogen-bond acceptors (Lipinski definition) is 5. The number of nitrogens with zero attached hydrogens (tertiary/aromatic N) is 3. The first-order chi connectivity index (χ1) is 19.4. The molecular weight excluding hydrogens is 568 g/mol. The Balaban J connectivity index is 1.83. The van der Waals surface area contributed by atoms with Crippen LogP contribution in [0.15, 0.2) is 30.5 Å². The fourth-order valence-electron chi connectivity index (χ4n) is 5.22. The van der Waals surface area contributed by atoms with E-state index in [1.807, 2.05) is 0 Å². The SMILES string of the molecule is CC(C)n1nccc1C(=O)N[C@H](C(=O)Nc1ccc([C@](C)(C=O)CN(C)CC(F)(F)F)cc1F)C1CCC(F)(F)CC1. The molecule has 2 atom stereocenters. The average Bonchev–Trinajstić information content (AvgIpc) is 3.38. The molecule has 0 aliphatic heterocycles. The molecule has 2 N–H and O–H groups in total. The molecule has 0 unspecified atom stereocenters. The highest BCUT2D eigenvalue weighted by atomic mass is 19.4. The minimum absolute atomic E-state index is 0.0562. The fourth-order valence-corrected chi connectivity index (χ4v) is 5.22. The summed E-state index contributed by atoms with van der Waals surface area (Å²) in [4.78, 5) is 39.3.